The molecule has 2 bridgehead atoms. The first kappa shape index (κ1) is 20.5. The summed E-state index contributed by atoms with van der Waals surface area (Å²) in [7, 11) is 0. The average Bonchev–Trinajstić information content (AvgIpc) is 2.84. The topological polar surface area (TPSA) is 64.4 Å². The molecule has 2 unspecified atom stereocenters. The maximum Gasteiger partial charge on any atom is 0.261 e. The van der Waals surface area contributed by atoms with Crippen LogP contribution in [0, 0.1) is 10.8 Å². The first-order valence-electron chi connectivity index (χ1n) is 11.7. The first-order valence-corrected chi connectivity index (χ1v) is 11.7. The lowest BCUT2D eigenvalue weighted by Gasteiger charge is -2.39. The molecule has 2 aromatic rings. The number of hydrogen-bond donors (Lipinski definition) is 0. The Morgan fingerprint density at radius 1 is 1.19 bits per heavy atom. The van der Waals surface area contributed by atoms with E-state index >= 15 is 0 Å². The van der Waals surface area contributed by atoms with Crippen LogP contribution in [-0.2, 0) is 17.8 Å². The molecule has 0 spiro atoms. The van der Waals surface area contributed by atoms with E-state index in [0.717, 1.165) is 63.9 Å². The van der Waals surface area contributed by atoms with Crippen molar-refractivity contribution in [3.63, 3.8) is 0 Å². The van der Waals surface area contributed by atoms with E-state index < -0.39 is 0 Å². The van der Waals surface area contributed by atoms with Gasteiger partial charge in [-0.2, -0.15) is 0 Å². The fraction of sp³-hybridized carbons (Fsp3) is 0.640. The molecule has 5 rings (SSSR count). The van der Waals surface area contributed by atoms with E-state index in [0.29, 0.717) is 22.7 Å². The predicted molar refractivity (Wildman–Crippen MR) is 120 cm³/mol. The molecule has 31 heavy (non-hydrogen) atoms. The minimum atomic E-state index is 0.00201. The second kappa shape index (κ2) is 7.35. The number of hydrogen-bond acceptors (Lipinski definition) is 4. The highest BCUT2D eigenvalue weighted by molar-refractivity contribution is 5.80. The van der Waals surface area contributed by atoms with E-state index in [1.54, 1.807) is 6.07 Å². The van der Waals surface area contributed by atoms with E-state index in [1.807, 2.05) is 21.6 Å². The number of carbonyl (C=O) groups excluding carboxylic acids is 1. The van der Waals surface area contributed by atoms with Crippen LogP contribution in [0.25, 0.3) is 10.9 Å². The summed E-state index contributed by atoms with van der Waals surface area (Å²) in [6.45, 7) is 8.49. The van der Waals surface area contributed by atoms with Crippen molar-refractivity contribution in [2.45, 2.75) is 78.3 Å². The van der Waals surface area contributed by atoms with Crippen molar-refractivity contribution in [1.29, 1.82) is 0 Å². The zero-order chi connectivity index (χ0) is 21.8. The Hall–Kier alpha value is -2.37. The minimum absolute atomic E-state index is 0.00201. The Morgan fingerprint density at radius 3 is 2.87 bits per heavy atom. The molecule has 6 heteroatoms. The van der Waals surface area contributed by atoms with Crippen molar-refractivity contribution in [2.75, 3.05) is 13.2 Å². The number of amides is 1. The monoisotopic (exact) mass is 423 g/mol. The highest BCUT2D eigenvalue weighted by Gasteiger charge is 2.50. The lowest BCUT2D eigenvalue weighted by atomic mass is 9.65. The fourth-order valence-electron chi connectivity index (χ4n) is 6.47. The Kier molecular flexibility index (Phi) is 4.87. The molecule has 1 aromatic heterocycles. The number of rotatable bonds is 3. The van der Waals surface area contributed by atoms with Gasteiger partial charge < -0.3 is 9.64 Å². The number of aryl methyl sites for hydroxylation is 1. The van der Waals surface area contributed by atoms with Gasteiger partial charge in [0.1, 0.15) is 11.6 Å². The maximum atomic E-state index is 13.0. The van der Waals surface area contributed by atoms with Crippen LogP contribution >= 0.6 is 0 Å². The maximum absolute atomic E-state index is 13.0. The van der Waals surface area contributed by atoms with E-state index in [2.05, 4.69) is 20.8 Å². The van der Waals surface area contributed by atoms with Crippen LogP contribution < -0.4 is 10.3 Å². The van der Waals surface area contributed by atoms with Gasteiger partial charge in [0, 0.05) is 25.6 Å². The number of ether oxygens (including phenoxy) is 1. The van der Waals surface area contributed by atoms with Crippen LogP contribution in [0.15, 0.2) is 23.0 Å². The van der Waals surface area contributed by atoms with Crippen molar-refractivity contribution in [2.24, 2.45) is 10.8 Å². The lowest BCUT2D eigenvalue weighted by Crippen LogP contribution is -2.40. The number of likely N-dealkylation sites (tertiary alicyclic amines) is 1. The van der Waals surface area contributed by atoms with Crippen molar-refractivity contribution in [1.82, 2.24) is 14.5 Å². The van der Waals surface area contributed by atoms with E-state index in [-0.39, 0.29) is 28.9 Å². The van der Waals surface area contributed by atoms with Crippen LogP contribution in [0.1, 0.15) is 65.1 Å². The molecule has 1 aliphatic carbocycles. The summed E-state index contributed by atoms with van der Waals surface area (Å²) < 4.78 is 7.69. The summed E-state index contributed by atoms with van der Waals surface area (Å²) in [4.78, 5) is 32.8. The van der Waals surface area contributed by atoms with Gasteiger partial charge in [-0.15, -0.1) is 0 Å². The van der Waals surface area contributed by atoms with Gasteiger partial charge >= 0.3 is 0 Å². The SMILES string of the molecule is CC1(C)CC2CC(C)(CN2C(=O)COc2ccc3nc4n(c(=O)c3c2)CCCCC4)C1. The van der Waals surface area contributed by atoms with Crippen LogP contribution in [0.3, 0.4) is 0 Å². The molecule has 3 aliphatic rings. The largest absolute Gasteiger partial charge is 0.484 e. The van der Waals surface area contributed by atoms with Crippen LogP contribution in [-0.4, -0.2) is 39.6 Å². The van der Waals surface area contributed by atoms with Gasteiger partial charge in [-0.1, -0.05) is 27.2 Å². The Balaban J connectivity index is 1.33. The van der Waals surface area contributed by atoms with Crippen LogP contribution in [0.2, 0.25) is 0 Å². The quantitative estimate of drug-likeness (QED) is 0.750. The zero-order valence-corrected chi connectivity index (χ0v) is 18.9. The highest BCUT2D eigenvalue weighted by Crippen LogP contribution is 2.52. The smallest absolute Gasteiger partial charge is 0.261 e. The molecule has 6 nitrogen and oxygen atoms in total. The van der Waals surface area contributed by atoms with Crippen molar-refractivity contribution >= 4 is 16.8 Å². The van der Waals surface area contributed by atoms with E-state index in [1.165, 1.54) is 0 Å². The van der Waals surface area contributed by atoms with Crippen LogP contribution in [0.4, 0.5) is 0 Å². The molecule has 166 valence electrons. The molecule has 3 heterocycles. The molecule has 0 radical (unpaired) electrons. The number of fused-ring (bicyclic) bond motifs is 4. The molecule has 1 amide bonds. The third-order valence-electron chi connectivity index (χ3n) is 7.38. The van der Waals surface area contributed by atoms with Crippen LogP contribution in [0.5, 0.6) is 5.75 Å². The molecule has 1 saturated carbocycles. The molecule has 0 N–H and O–H groups in total. The molecular formula is C25H33N3O3. The molecule has 2 fully saturated rings. The Labute approximate surface area is 183 Å². The Bertz CT molecular complexity index is 1090. The molecular weight excluding hydrogens is 390 g/mol. The predicted octanol–water partition coefficient (Wildman–Crippen LogP) is 3.93. The summed E-state index contributed by atoms with van der Waals surface area (Å²) in [5.74, 6) is 1.49. The van der Waals surface area contributed by atoms with E-state index in [9.17, 15) is 9.59 Å². The lowest BCUT2D eigenvalue weighted by molar-refractivity contribution is -0.134. The highest BCUT2D eigenvalue weighted by atomic mass is 16.5. The summed E-state index contributed by atoms with van der Waals surface area (Å²) >= 11 is 0. The fourth-order valence-corrected chi connectivity index (χ4v) is 6.47. The minimum Gasteiger partial charge on any atom is -0.484 e. The van der Waals surface area contributed by atoms with Crippen molar-refractivity contribution in [3.05, 3.63) is 34.4 Å². The third-order valence-corrected chi connectivity index (χ3v) is 7.38. The number of carbonyl (C=O) groups is 1. The first-order chi connectivity index (χ1) is 14.7. The van der Waals surface area contributed by atoms with Gasteiger partial charge in [0.05, 0.1) is 10.9 Å². The second-order valence-corrected chi connectivity index (χ2v) is 11.0. The van der Waals surface area contributed by atoms with Gasteiger partial charge in [-0.05, 0) is 61.1 Å². The van der Waals surface area contributed by atoms with Gasteiger partial charge in [0.25, 0.3) is 11.5 Å². The molecule has 1 saturated heterocycles. The third kappa shape index (κ3) is 3.85. The number of nitrogens with zero attached hydrogens (tertiary/aromatic N) is 3. The normalized spacial score (nSPS) is 27.1. The molecule has 1 aromatic carbocycles. The molecule has 2 atom stereocenters. The second-order valence-electron chi connectivity index (χ2n) is 11.0. The standard InChI is InChI=1S/C25H33N3O3/c1-24(2)12-17-13-25(3,15-24)16-28(17)22(29)14-31-18-8-9-20-19(11-18)23(30)27-10-6-4-5-7-21(27)26-20/h8-9,11,17H,4-7,10,12-16H2,1-3H3. The summed E-state index contributed by atoms with van der Waals surface area (Å²) in [6.07, 6.45) is 7.37. The van der Waals surface area contributed by atoms with Crippen molar-refractivity contribution in [3.8, 4) is 5.75 Å². The van der Waals surface area contributed by atoms with Gasteiger partial charge in [0.15, 0.2) is 6.61 Å². The van der Waals surface area contributed by atoms with Crippen molar-refractivity contribution < 1.29 is 9.53 Å². The Morgan fingerprint density at radius 2 is 2.03 bits per heavy atom. The summed E-state index contributed by atoms with van der Waals surface area (Å²) in [6, 6.07) is 5.73. The van der Waals surface area contributed by atoms with E-state index in [4.69, 9.17) is 9.72 Å². The molecule has 2 aliphatic heterocycles. The average molecular weight is 424 g/mol. The number of aromatic nitrogens is 2. The van der Waals surface area contributed by atoms with Gasteiger partial charge in [-0.3, -0.25) is 14.2 Å². The van der Waals surface area contributed by atoms with Gasteiger partial charge in [-0.25, -0.2) is 4.98 Å². The van der Waals surface area contributed by atoms with Gasteiger partial charge in [0.2, 0.25) is 0 Å². The summed E-state index contributed by atoms with van der Waals surface area (Å²) in [5.41, 5.74) is 1.20. The number of benzene rings is 1. The summed E-state index contributed by atoms with van der Waals surface area (Å²) in [5, 5.41) is 0.571. The zero-order valence-electron chi connectivity index (χ0n) is 18.9.